The highest BCUT2D eigenvalue weighted by Crippen LogP contribution is 2.31. The quantitative estimate of drug-likeness (QED) is 0.667. The molecule has 162 valence electrons. The third-order valence-electron chi connectivity index (χ3n) is 5.78. The number of hydrogen-bond donors (Lipinski definition) is 1. The molecule has 1 fully saturated rings. The number of hydrogen-bond acceptors (Lipinski definition) is 3. The average Bonchev–Trinajstić information content (AvgIpc) is 2.74. The van der Waals surface area contributed by atoms with E-state index in [-0.39, 0.29) is 37.4 Å². The predicted octanol–water partition coefficient (Wildman–Crippen LogP) is 4.53. The smallest absolute Gasteiger partial charge is 0.263 e. The van der Waals surface area contributed by atoms with Crippen molar-refractivity contribution < 1.29 is 18.3 Å². The summed E-state index contributed by atoms with van der Waals surface area (Å²) in [5.74, 6) is -2.67. The van der Waals surface area contributed by atoms with Gasteiger partial charge in [0.25, 0.3) is 17.4 Å². The molecule has 1 aliphatic heterocycles. The number of rotatable bonds is 4. The van der Waals surface area contributed by atoms with E-state index in [0.717, 1.165) is 22.1 Å². The Morgan fingerprint density at radius 1 is 1.10 bits per heavy atom. The van der Waals surface area contributed by atoms with Gasteiger partial charge in [-0.2, -0.15) is 0 Å². The van der Waals surface area contributed by atoms with Crippen LogP contribution in [0.5, 0.6) is 5.75 Å². The second-order valence-corrected chi connectivity index (χ2v) is 8.00. The van der Waals surface area contributed by atoms with Crippen LogP contribution in [0.1, 0.15) is 25.3 Å². The number of H-pyrrole nitrogens is 1. The van der Waals surface area contributed by atoms with Crippen LogP contribution in [0, 0.1) is 6.92 Å². The zero-order chi connectivity index (χ0) is 22.2. The normalized spacial score (nSPS) is 16.8. The number of carbonyl (C=O) groups excluding carboxylic acids is 1. The highest BCUT2D eigenvalue weighted by atomic mass is 19.3. The Kier molecular flexibility index (Phi) is 5.52. The fraction of sp³-hybridized carbons (Fsp3) is 0.333. The first-order valence-corrected chi connectivity index (χ1v) is 10.3. The number of alkyl halides is 2. The van der Waals surface area contributed by atoms with E-state index in [4.69, 9.17) is 4.74 Å². The molecule has 7 heteroatoms. The van der Waals surface area contributed by atoms with Crippen molar-refractivity contribution in [3.05, 3.63) is 64.6 Å². The fourth-order valence-corrected chi connectivity index (χ4v) is 3.98. The Bertz CT molecular complexity index is 1180. The molecule has 0 spiro atoms. The summed E-state index contributed by atoms with van der Waals surface area (Å²) < 4.78 is 32.5. The van der Waals surface area contributed by atoms with E-state index in [1.54, 1.807) is 31.3 Å². The highest BCUT2D eigenvalue weighted by molar-refractivity contribution is 5.97. The van der Waals surface area contributed by atoms with E-state index < -0.39 is 12.0 Å². The molecule has 4 rings (SSSR count). The molecule has 1 aromatic heterocycles. The molecule has 0 aliphatic carbocycles. The number of carbonyl (C=O) groups is 1. The minimum absolute atomic E-state index is 0.0106. The second kappa shape index (κ2) is 8.13. The monoisotopic (exact) mass is 426 g/mol. The lowest BCUT2D eigenvalue weighted by molar-refractivity contribution is -0.143. The van der Waals surface area contributed by atoms with E-state index in [9.17, 15) is 18.4 Å². The summed E-state index contributed by atoms with van der Waals surface area (Å²) in [6.07, 6.45) is 0.186. The van der Waals surface area contributed by atoms with Crippen LogP contribution in [0.4, 0.5) is 8.78 Å². The lowest BCUT2D eigenvalue weighted by atomic mass is 9.97. The van der Waals surface area contributed by atoms with E-state index >= 15 is 0 Å². The summed E-state index contributed by atoms with van der Waals surface area (Å²) in [7, 11) is 0. The van der Waals surface area contributed by atoms with Crippen molar-refractivity contribution in [3.8, 4) is 16.9 Å². The first-order chi connectivity index (χ1) is 14.7. The molecule has 0 saturated carbocycles. The van der Waals surface area contributed by atoms with Crippen molar-refractivity contribution in [2.24, 2.45) is 0 Å². The number of halogens is 2. The van der Waals surface area contributed by atoms with E-state index in [0.29, 0.717) is 11.1 Å². The van der Waals surface area contributed by atoms with Crippen LogP contribution in [-0.4, -0.2) is 40.9 Å². The van der Waals surface area contributed by atoms with Crippen LogP contribution in [0.15, 0.2) is 53.5 Å². The van der Waals surface area contributed by atoms with Gasteiger partial charge in [-0.1, -0.05) is 24.3 Å². The van der Waals surface area contributed by atoms with Crippen LogP contribution >= 0.6 is 0 Å². The van der Waals surface area contributed by atoms with Crippen molar-refractivity contribution >= 4 is 16.7 Å². The maximum absolute atomic E-state index is 13.4. The number of aromatic amines is 1. The van der Waals surface area contributed by atoms with Crippen molar-refractivity contribution in [3.63, 3.8) is 0 Å². The molecule has 1 aliphatic rings. The Labute approximate surface area is 178 Å². The summed E-state index contributed by atoms with van der Waals surface area (Å²) in [6.45, 7) is 3.62. The van der Waals surface area contributed by atoms with Crippen molar-refractivity contribution in [1.29, 1.82) is 0 Å². The number of likely N-dealkylation sites (tertiary alicyclic amines) is 1. The number of aryl methyl sites for hydroxylation is 1. The Balaban J connectivity index is 1.58. The maximum atomic E-state index is 13.4. The molecular weight excluding hydrogens is 402 g/mol. The van der Waals surface area contributed by atoms with Gasteiger partial charge in [-0.3, -0.25) is 9.59 Å². The number of ether oxygens (including phenoxy) is 1. The van der Waals surface area contributed by atoms with E-state index in [1.807, 2.05) is 31.2 Å². The van der Waals surface area contributed by atoms with E-state index in [1.165, 1.54) is 4.90 Å². The van der Waals surface area contributed by atoms with Gasteiger partial charge >= 0.3 is 0 Å². The summed E-state index contributed by atoms with van der Waals surface area (Å²) in [5, 5.41) is 1.23. The molecule has 2 aromatic carbocycles. The summed E-state index contributed by atoms with van der Waals surface area (Å²) in [4.78, 5) is 29.3. The molecular formula is C24H24F2N2O3. The number of nitrogens with one attached hydrogen (secondary N) is 1. The summed E-state index contributed by atoms with van der Waals surface area (Å²) in [6, 6.07) is 13.0. The van der Waals surface area contributed by atoms with Gasteiger partial charge in [-0.25, -0.2) is 8.78 Å². The zero-order valence-corrected chi connectivity index (χ0v) is 17.5. The minimum Gasteiger partial charge on any atom is -0.481 e. The number of benzene rings is 2. The van der Waals surface area contributed by atoms with Crippen molar-refractivity contribution in [2.45, 2.75) is 38.7 Å². The first-order valence-electron chi connectivity index (χ1n) is 10.3. The number of nitrogens with zero attached hydrogens (tertiary/aromatic N) is 1. The van der Waals surface area contributed by atoms with Crippen LogP contribution in [0.3, 0.4) is 0 Å². The molecule has 0 radical (unpaired) electrons. The molecule has 3 aromatic rings. The van der Waals surface area contributed by atoms with E-state index in [2.05, 4.69) is 4.98 Å². The van der Waals surface area contributed by atoms with Gasteiger partial charge in [-0.15, -0.1) is 0 Å². The largest absolute Gasteiger partial charge is 0.481 e. The first kappa shape index (κ1) is 21.0. The van der Waals surface area contributed by atoms with Gasteiger partial charge in [0.15, 0.2) is 6.10 Å². The van der Waals surface area contributed by atoms with Gasteiger partial charge in [-0.05, 0) is 48.6 Å². The van der Waals surface area contributed by atoms with Gasteiger partial charge in [0.1, 0.15) is 5.75 Å². The van der Waals surface area contributed by atoms with Crippen molar-refractivity contribution in [1.82, 2.24) is 9.88 Å². The molecule has 5 nitrogen and oxygen atoms in total. The number of amides is 1. The average molecular weight is 426 g/mol. The summed E-state index contributed by atoms with van der Waals surface area (Å²) in [5.41, 5.74) is 2.75. The summed E-state index contributed by atoms with van der Waals surface area (Å²) >= 11 is 0. The number of pyridine rings is 1. The molecule has 2 heterocycles. The predicted molar refractivity (Wildman–Crippen MR) is 116 cm³/mol. The van der Waals surface area contributed by atoms with Gasteiger partial charge in [0.2, 0.25) is 0 Å². The van der Waals surface area contributed by atoms with Crippen molar-refractivity contribution in [2.75, 3.05) is 13.1 Å². The fourth-order valence-electron chi connectivity index (χ4n) is 3.98. The minimum atomic E-state index is -2.71. The third kappa shape index (κ3) is 4.31. The van der Waals surface area contributed by atoms with Gasteiger partial charge < -0.3 is 14.6 Å². The lowest BCUT2D eigenvalue weighted by Crippen LogP contribution is -2.47. The molecule has 1 amide bonds. The molecule has 1 N–H and O–H groups in total. The standard InChI is InChI=1S/C24H24F2N2O3/c1-15-5-3-4-6-18(15)21-14-27-22(29)20-13-17(7-8-19(20)21)31-16(2)23(30)28-11-9-24(25,26)10-12-28/h3-8,13-14,16H,9-12H2,1-2H3,(H,27,29)/t16-/m1/s1. The molecule has 1 saturated heterocycles. The molecule has 0 unspecified atom stereocenters. The Morgan fingerprint density at radius 2 is 1.81 bits per heavy atom. The number of fused-ring (bicyclic) bond motifs is 1. The number of aromatic nitrogens is 1. The third-order valence-corrected chi connectivity index (χ3v) is 5.78. The lowest BCUT2D eigenvalue weighted by Gasteiger charge is -2.33. The van der Waals surface area contributed by atoms with Crippen LogP contribution in [0.25, 0.3) is 21.9 Å². The van der Waals surface area contributed by atoms with Gasteiger partial charge in [0.05, 0.1) is 5.39 Å². The van der Waals surface area contributed by atoms with Gasteiger partial charge in [0, 0.05) is 37.7 Å². The Morgan fingerprint density at radius 3 is 2.52 bits per heavy atom. The SMILES string of the molecule is Cc1ccccc1-c1c[nH]c(=O)c2cc(O[C@H](C)C(=O)N3CCC(F)(F)CC3)ccc12. The molecule has 1 atom stereocenters. The molecule has 0 bridgehead atoms. The second-order valence-electron chi connectivity index (χ2n) is 8.00. The molecule has 31 heavy (non-hydrogen) atoms. The highest BCUT2D eigenvalue weighted by Gasteiger charge is 2.36. The Hall–Kier alpha value is -3.22. The maximum Gasteiger partial charge on any atom is 0.263 e. The number of piperidine rings is 1. The van der Waals surface area contributed by atoms with Crippen LogP contribution in [-0.2, 0) is 4.79 Å². The van der Waals surface area contributed by atoms with Crippen LogP contribution in [0.2, 0.25) is 0 Å². The van der Waals surface area contributed by atoms with Crippen LogP contribution < -0.4 is 10.3 Å². The zero-order valence-electron chi connectivity index (χ0n) is 17.5. The topological polar surface area (TPSA) is 62.4 Å².